The number of rotatable bonds is 3. The van der Waals surface area contributed by atoms with E-state index >= 15 is 0 Å². The summed E-state index contributed by atoms with van der Waals surface area (Å²) < 4.78 is 60.6. The molecule has 0 aromatic carbocycles. The Hall–Kier alpha value is -0.880. The van der Waals surface area contributed by atoms with Gasteiger partial charge >= 0.3 is 12.1 Å². The molecule has 0 heterocycles. The maximum Gasteiger partial charge on any atom is 0.463 e. The third kappa shape index (κ3) is 4.12. The van der Waals surface area contributed by atoms with Gasteiger partial charge in [0, 0.05) is 6.54 Å². The molecule has 0 aliphatic heterocycles. The zero-order valence-electron chi connectivity index (χ0n) is 10.1. The predicted molar refractivity (Wildman–Crippen MR) is 52.6 cm³/mol. The van der Waals surface area contributed by atoms with Crippen LogP contribution in [0.2, 0.25) is 0 Å². The molecule has 0 aliphatic rings. The van der Waals surface area contributed by atoms with E-state index in [9.17, 15) is 26.7 Å². The van der Waals surface area contributed by atoms with E-state index in [0.717, 1.165) is 0 Å². The summed E-state index contributed by atoms with van der Waals surface area (Å²) in [5.74, 6) is -7.87. The summed E-state index contributed by atoms with van der Waals surface area (Å²) in [7, 11) is 0. The maximum atomic E-state index is 12.5. The summed E-state index contributed by atoms with van der Waals surface area (Å²) in [6.07, 6.45) is -5.86. The van der Waals surface area contributed by atoms with Gasteiger partial charge in [0.25, 0.3) is 5.91 Å². The van der Waals surface area contributed by atoms with Crippen LogP contribution in [-0.2, 0) is 4.79 Å². The molecule has 1 unspecified atom stereocenters. The monoisotopic (exact) mass is 261 g/mol. The van der Waals surface area contributed by atoms with E-state index in [4.69, 9.17) is 0 Å². The van der Waals surface area contributed by atoms with Crippen molar-refractivity contribution in [2.24, 2.45) is 11.3 Å². The fourth-order valence-electron chi connectivity index (χ4n) is 0.792. The molecule has 0 spiro atoms. The SMILES string of the molecule is CC(CNC(=O)C(F)(F)C(F)(F)F)C(C)(C)C. The first-order valence-electron chi connectivity index (χ1n) is 5.03. The van der Waals surface area contributed by atoms with Gasteiger partial charge in [0.1, 0.15) is 0 Å². The van der Waals surface area contributed by atoms with Crippen LogP contribution in [0.4, 0.5) is 22.0 Å². The van der Waals surface area contributed by atoms with Gasteiger partial charge < -0.3 is 5.32 Å². The first-order chi connectivity index (χ1) is 7.30. The Kier molecular flexibility index (Phi) is 4.53. The zero-order chi connectivity index (χ0) is 14.1. The van der Waals surface area contributed by atoms with E-state index in [1.165, 1.54) is 0 Å². The summed E-state index contributed by atoms with van der Waals surface area (Å²) in [5.41, 5.74) is -0.291. The number of carbonyl (C=O) groups is 1. The first kappa shape index (κ1) is 16.1. The van der Waals surface area contributed by atoms with Gasteiger partial charge in [-0.2, -0.15) is 22.0 Å². The molecule has 0 rings (SSSR count). The van der Waals surface area contributed by atoms with Gasteiger partial charge in [-0.05, 0) is 11.3 Å². The Morgan fingerprint density at radius 1 is 1.12 bits per heavy atom. The largest absolute Gasteiger partial charge is 0.463 e. The average Bonchev–Trinajstić information content (AvgIpc) is 2.09. The standard InChI is InChI=1S/C10H16F5NO/c1-6(8(2,3)4)5-16-7(17)9(11,12)10(13,14)15/h6H,5H2,1-4H3,(H,16,17). The van der Waals surface area contributed by atoms with Crippen molar-refractivity contribution >= 4 is 5.91 Å². The van der Waals surface area contributed by atoms with Crippen molar-refractivity contribution in [3.8, 4) is 0 Å². The highest BCUT2D eigenvalue weighted by Gasteiger charge is 2.63. The minimum atomic E-state index is -5.86. The lowest BCUT2D eigenvalue weighted by atomic mass is 9.82. The van der Waals surface area contributed by atoms with Crippen molar-refractivity contribution in [1.29, 1.82) is 0 Å². The second kappa shape index (κ2) is 4.78. The fourth-order valence-corrected chi connectivity index (χ4v) is 0.792. The molecule has 0 aromatic heterocycles. The second-order valence-electron chi connectivity index (χ2n) is 5.05. The van der Waals surface area contributed by atoms with Crippen LogP contribution in [-0.4, -0.2) is 24.6 Å². The number of halogens is 5. The van der Waals surface area contributed by atoms with E-state index in [1.807, 2.05) is 0 Å². The van der Waals surface area contributed by atoms with Crippen LogP contribution in [0.3, 0.4) is 0 Å². The van der Waals surface area contributed by atoms with Crippen molar-refractivity contribution in [3.05, 3.63) is 0 Å². The van der Waals surface area contributed by atoms with Crippen LogP contribution in [0.15, 0.2) is 0 Å². The summed E-state index contributed by atoms with van der Waals surface area (Å²) in [6.45, 7) is 6.82. The Labute approximate surface area is 96.6 Å². The maximum absolute atomic E-state index is 12.5. The zero-order valence-corrected chi connectivity index (χ0v) is 10.1. The van der Waals surface area contributed by atoms with Gasteiger partial charge in [0.2, 0.25) is 0 Å². The molecule has 0 saturated heterocycles. The van der Waals surface area contributed by atoms with E-state index < -0.39 is 18.0 Å². The lowest BCUT2D eigenvalue weighted by molar-refractivity contribution is -0.269. The molecule has 17 heavy (non-hydrogen) atoms. The van der Waals surface area contributed by atoms with E-state index in [1.54, 1.807) is 33.0 Å². The number of hydrogen-bond acceptors (Lipinski definition) is 1. The lowest BCUT2D eigenvalue weighted by Crippen LogP contribution is -2.51. The van der Waals surface area contributed by atoms with Gasteiger partial charge in [0.15, 0.2) is 0 Å². The average molecular weight is 261 g/mol. The number of nitrogens with one attached hydrogen (secondary N) is 1. The van der Waals surface area contributed by atoms with Crippen LogP contribution in [0, 0.1) is 11.3 Å². The molecule has 0 radical (unpaired) electrons. The Bertz CT molecular complexity index is 279. The Morgan fingerprint density at radius 2 is 1.53 bits per heavy atom. The molecule has 1 atom stereocenters. The third-order valence-corrected chi connectivity index (χ3v) is 2.69. The van der Waals surface area contributed by atoms with Crippen LogP contribution < -0.4 is 5.32 Å². The van der Waals surface area contributed by atoms with Crippen LogP contribution in [0.25, 0.3) is 0 Å². The van der Waals surface area contributed by atoms with Crippen molar-refractivity contribution in [3.63, 3.8) is 0 Å². The molecule has 1 amide bonds. The molecular weight excluding hydrogens is 245 g/mol. The van der Waals surface area contributed by atoms with Crippen LogP contribution in [0.1, 0.15) is 27.7 Å². The van der Waals surface area contributed by atoms with Gasteiger partial charge in [-0.25, -0.2) is 0 Å². The summed E-state index contributed by atoms with van der Waals surface area (Å²) in [6, 6.07) is 0. The van der Waals surface area contributed by atoms with Crippen molar-refractivity contribution in [2.45, 2.75) is 39.8 Å². The molecule has 0 aromatic rings. The number of alkyl halides is 5. The molecule has 1 N–H and O–H groups in total. The topological polar surface area (TPSA) is 29.1 Å². The molecule has 0 aliphatic carbocycles. The van der Waals surface area contributed by atoms with Gasteiger partial charge in [-0.3, -0.25) is 4.79 Å². The summed E-state index contributed by atoms with van der Waals surface area (Å²) >= 11 is 0. The molecular formula is C10H16F5NO. The molecule has 0 saturated carbocycles. The molecule has 2 nitrogen and oxygen atoms in total. The van der Waals surface area contributed by atoms with Crippen LogP contribution in [0.5, 0.6) is 0 Å². The van der Waals surface area contributed by atoms with Crippen molar-refractivity contribution in [2.75, 3.05) is 6.54 Å². The molecule has 7 heteroatoms. The number of hydrogen-bond donors (Lipinski definition) is 1. The molecule has 102 valence electrons. The summed E-state index contributed by atoms with van der Waals surface area (Å²) in [5, 5.41) is 1.63. The third-order valence-electron chi connectivity index (χ3n) is 2.69. The highest BCUT2D eigenvalue weighted by Crippen LogP contribution is 2.35. The van der Waals surface area contributed by atoms with Gasteiger partial charge in [0.05, 0.1) is 0 Å². The van der Waals surface area contributed by atoms with Crippen molar-refractivity contribution < 1.29 is 26.7 Å². The normalized spacial score (nSPS) is 15.6. The minimum absolute atomic E-state index is 0.226. The number of amides is 1. The van der Waals surface area contributed by atoms with Crippen LogP contribution >= 0.6 is 0 Å². The van der Waals surface area contributed by atoms with E-state index in [2.05, 4.69) is 0 Å². The molecule has 0 bridgehead atoms. The van der Waals surface area contributed by atoms with E-state index in [0.29, 0.717) is 0 Å². The van der Waals surface area contributed by atoms with Gasteiger partial charge in [-0.1, -0.05) is 27.7 Å². The Balaban J connectivity index is 4.49. The van der Waals surface area contributed by atoms with E-state index in [-0.39, 0.29) is 17.9 Å². The lowest BCUT2D eigenvalue weighted by Gasteiger charge is -2.28. The highest BCUT2D eigenvalue weighted by atomic mass is 19.4. The Morgan fingerprint density at radius 3 is 1.82 bits per heavy atom. The predicted octanol–water partition coefficient (Wildman–Crippen LogP) is 2.98. The second-order valence-corrected chi connectivity index (χ2v) is 5.05. The first-order valence-corrected chi connectivity index (χ1v) is 5.03. The summed E-state index contributed by atoms with van der Waals surface area (Å²) in [4.78, 5) is 10.8. The van der Waals surface area contributed by atoms with Crippen molar-refractivity contribution in [1.82, 2.24) is 5.32 Å². The number of carbonyl (C=O) groups excluding carboxylic acids is 1. The van der Waals surface area contributed by atoms with Gasteiger partial charge in [-0.15, -0.1) is 0 Å². The minimum Gasteiger partial charge on any atom is -0.350 e. The quantitative estimate of drug-likeness (QED) is 0.777. The smallest absolute Gasteiger partial charge is 0.350 e. The molecule has 0 fully saturated rings. The fraction of sp³-hybridized carbons (Fsp3) is 0.900. The highest BCUT2D eigenvalue weighted by molar-refractivity contribution is 5.84.